The Kier molecular flexibility index (Phi) is 3.31. The van der Waals surface area contributed by atoms with Crippen LogP contribution in [0.15, 0.2) is 18.2 Å². The van der Waals surface area contributed by atoms with Gasteiger partial charge in [0, 0.05) is 6.04 Å². The zero-order valence-corrected chi connectivity index (χ0v) is 11.8. The van der Waals surface area contributed by atoms with E-state index in [0.717, 1.165) is 6.54 Å². The summed E-state index contributed by atoms with van der Waals surface area (Å²) < 4.78 is 0. The van der Waals surface area contributed by atoms with Crippen LogP contribution in [0.3, 0.4) is 0 Å². The molecule has 0 bridgehead atoms. The third-order valence-corrected chi connectivity index (χ3v) is 4.01. The van der Waals surface area contributed by atoms with Crippen molar-refractivity contribution in [3.8, 4) is 0 Å². The Morgan fingerprint density at radius 2 is 2.06 bits per heavy atom. The van der Waals surface area contributed by atoms with Crippen molar-refractivity contribution in [3.63, 3.8) is 0 Å². The predicted octanol–water partition coefficient (Wildman–Crippen LogP) is 4.14. The molecule has 0 spiro atoms. The normalized spacial score (nSPS) is 21.9. The number of rotatable bonds is 3. The molecule has 94 valence electrons. The Morgan fingerprint density at radius 3 is 2.65 bits per heavy atom. The second-order valence-electron chi connectivity index (χ2n) is 6.20. The summed E-state index contributed by atoms with van der Waals surface area (Å²) >= 11 is 0. The molecular weight excluding hydrogens is 206 g/mol. The summed E-state index contributed by atoms with van der Waals surface area (Å²) in [6.07, 6.45) is 1.22. The standard InChI is InChI=1S/C16H25N/c1-6-17-15-10-16(4,5)14-8-7-12(11(2)3)9-13(14)15/h7-9,11,15,17H,6,10H2,1-5H3. The van der Waals surface area contributed by atoms with Crippen LogP contribution in [-0.2, 0) is 5.41 Å². The van der Waals surface area contributed by atoms with Gasteiger partial charge in [-0.05, 0) is 41.0 Å². The van der Waals surface area contributed by atoms with E-state index in [1.54, 1.807) is 0 Å². The molecule has 1 aliphatic carbocycles. The summed E-state index contributed by atoms with van der Waals surface area (Å²) in [6, 6.07) is 7.62. The van der Waals surface area contributed by atoms with Crippen LogP contribution in [0.4, 0.5) is 0 Å². The lowest BCUT2D eigenvalue weighted by atomic mass is 9.85. The van der Waals surface area contributed by atoms with Crippen molar-refractivity contribution in [1.29, 1.82) is 0 Å². The molecule has 2 rings (SSSR count). The van der Waals surface area contributed by atoms with Gasteiger partial charge in [0.15, 0.2) is 0 Å². The Morgan fingerprint density at radius 1 is 1.35 bits per heavy atom. The van der Waals surface area contributed by atoms with Crippen molar-refractivity contribution < 1.29 is 0 Å². The van der Waals surface area contributed by atoms with Gasteiger partial charge < -0.3 is 5.32 Å². The highest BCUT2D eigenvalue weighted by Crippen LogP contribution is 2.45. The van der Waals surface area contributed by atoms with E-state index in [2.05, 4.69) is 58.1 Å². The molecule has 1 N–H and O–H groups in total. The molecule has 1 heteroatoms. The summed E-state index contributed by atoms with van der Waals surface area (Å²) in [5.41, 5.74) is 4.85. The first-order valence-corrected chi connectivity index (χ1v) is 6.83. The molecule has 0 saturated heterocycles. The number of fused-ring (bicyclic) bond motifs is 1. The lowest BCUT2D eigenvalue weighted by Crippen LogP contribution is -2.20. The van der Waals surface area contributed by atoms with Gasteiger partial charge in [-0.3, -0.25) is 0 Å². The van der Waals surface area contributed by atoms with E-state index in [-0.39, 0.29) is 0 Å². The number of nitrogens with one attached hydrogen (secondary N) is 1. The van der Waals surface area contributed by atoms with Gasteiger partial charge in [-0.1, -0.05) is 52.8 Å². The van der Waals surface area contributed by atoms with Gasteiger partial charge in [0.05, 0.1) is 0 Å². The molecule has 0 saturated carbocycles. The molecule has 1 atom stereocenters. The van der Waals surface area contributed by atoms with Crippen molar-refractivity contribution in [2.75, 3.05) is 6.54 Å². The monoisotopic (exact) mass is 231 g/mol. The summed E-state index contributed by atoms with van der Waals surface area (Å²) in [5, 5.41) is 3.62. The molecule has 0 radical (unpaired) electrons. The maximum atomic E-state index is 3.62. The highest BCUT2D eigenvalue weighted by Gasteiger charge is 2.36. The van der Waals surface area contributed by atoms with Gasteiger partial charge in [-0.2, -0.15) is 0 Å². The maximum absolute atomic E-state index is 3.62. The van der Waals surface area contributed by atoms with Crippen LogP contribution in [-0.4, -0.2) is 6.54 Å². The predicted molar refractivity (Wildman–Crippen MR) is 74.6 cm³/mol. The number of hydrogen-bond acceptors (Lipinski definition) is 1. The fourth-order valence-electron chi connectivity index (χ4n) is 3.00. The molecule has 0 heterocycles. The molecule has 17 heavy (non-hydrogen) atoms. The van der Waals surface area contributed by atoms with E-state index in [4.69, 9.17) is 0 Å². The van der Waals surface area contributed by atoms with E-state index in [1.165, 1.54) is 23.1 Å². The average molecular weight is 231 g/mol. The zero-order valence-electron chi connectivity index (χ0n) is 11.8. The minimum Gasteiger partial charge on any atom is -0.310 e. The summed E-state index contributed by atoms with van der Waals surface area (Å²) in [5.74, 6) is 0.617. The van der Waals surface area contributed by atoms with Crippen LogP contribution in [0.25, 0.3) is 0 Å². The van der Waals surface area contributed by atoms with Crippen molar-refractivity contribution in [3.05, 3.63) is 34.9 Å². The van der Waals surface area contributed by atoms with Crippen LogP contribution in [0.5, 0.6) is 0 Å². The molecule has 1 aromatic carbocycles. The molecule has 1 unspecified atom stereocenters. The van der Waals surface area contributed by atoms with Crippen molar-refractivity contribution in [2.45, 2.75) is 58.4 Å². The Balaban J connectivity index is 2.43. The number of benzene rings is 1. The van der Waals surface area contributed by atoms with Crippen LogP contribution in [0.2, 0.25) is 0 Å². The molecule has 1 aromatic rings. The first-order chi connectivity index (χ1) is 7.95. The Labute approximate surface area is 106 Å². The third kappa shape index (κ3) is 2.26. The van der Waals surface area contributed by atoms with Gasteiger partial charge in [0.2, 0.25) is 0 Å². The summed E-state index contributed by atoms with van der Waals surface area (Å²) in [6.45, 7) is 12.5. The van der Waals surface area contributed by atoms with E-state index in [9.17, 15) is 0 Å². The largest absolute Gasteiger partial charge is 0.310 e. The maximum Gasteiger partial charge on any atom is 0.0331 e. The topological polar surface area (TPSA) is 12.0 Å². The molecule has 0 aliphatic heterocycles. The van der Waals surface area contributed by atoms with Gasteiger partial charge in [-0.15, -0.1) is 0 Å². The third-order valence-electron chi connectivity index (χ3n) is 4.01. The van der Waals surface area contributed by atoms with Crippen LogP contribution >= 0.6 is 0 Å². The summed E-state index contributed by atoms with van der Waals surface area (Å²) in [4.78, 5) is 0. The second-order valence-corrected chi connectivity index (χ2v) is 6.20. The summed E-state index contributed by atoms with van der Waals surface area (Å²) in [7, 11) is 0. The number of hydrogen-bond donors (Lipinski definition) is 1. The van der Waals surface area contributed by atoms with Gasteiger partial charge in [-0.25, -0.2) is 0 Å². The van der Waals surface area contributed by atoms with Crippen LogP contribution < -0.4 is 5.32 Å². The van der Waals surface area contributed by atoms with Gasteiger partial charge in [0.25, 0.3) is 0 Å². The van der Waals surface area contributed by atoms with Crippen molar-refractivity contribution >= 4 is 0 Å². The second kappa shape index (κ2) is 4.45. The minimum absolute atomic E-state index is 0.317. The SMILES string of the molecule is CCNC1CC(C)(C)c2ccc(C(C)C)cc21. The lowest BCUT2D eigenvalue weighted by Gasteiger charge is -2.19. The first kappa shape index (κ1) is 12.6. The average Bonchev–Trinajstić information content (AvgIpc) is 2.51. The molecule has 1 nitrogen and oxygen atoms in total. The molecule has 0 aromatic heterocycles. The van der Waals surface area contributed by atoms with Crippen LogP contribution in [0.1, 0.15) is 69.7 Å². The van der Waals surface area contributed by atoms with Crippen molar-refractivity contribution in [2.24, 2.45) is 0 Å². The fraction of sp³-hybridized carbons (Fsp3) is 0.625. The molecule has 0 fully saturated rings. The Hall–Kier alpha value is -0.820. The smallest absolute Gasteiger partial charge is 0.0331 e. The van der Waals surface area contributed by atoms with Gasteiger partial charge >= 0.3 is 0 Å². The quantitative estimate of drug-likeness (QED) is 0.824. The molecular formula is C16H25N. The zero-order chi connectivity index (χ0) is 12.6. The van der Waals surface area contributed by atoms with Crippen molar-refractivity contribution in [1.82, 2.24) is 5.32 Å². The minimum atomic E-state index is 0.317. The fourth-order valence-corrected chi connectivity index (χ4v) is 3.00. The first-order valence-electron chi connectivity index (χ1n) is 6.83. The van der Waals surface area contributed by atoms with E-state index < -0.39 is 0 Å². The lowest BCUT2D eigenvalue weighted by molar-refractivity contribution is 0.434. The van der Waals surface area contributed by atoms with E-state index in [1.807, 2.05) is 0 Å². The molecule has 0 amide bonds. The van der Waals surface area contributed by atoms with E-state index in [0.29, 0.717) is 17.4 Å². The van der Waals surface area contributed by atoms with E-state index >= 15 is 0 Å². The van der Waals surface area contributed by atoms with Gasteiger partial charge in [0.1, 0.15) is 0 Å². The highest BCUT2D eigenvalue weighted by atomic mass is 14.9. The van der Waals surface area contributed by atoms with Crippen LogP contribution in [0, 0.1) is 0 Å². The molecule has 1 aliphatic rings. The highest BCUT2D eigenvalue weighted by molar-refractivity contribution is 5.44. The Bertz CT molecular complexity index is 404.